The molecule has 2 aromatic heterocycles. The molecule has 1 aliphatic carbocycles. The topological polar surface area (TPSA) is 72.3 Å². The number of hydrogen-bond acceptors (Lipinski definition) is 5. The standard InChI is InChI=1S/C19H25N5O2/c1-26-19-8-17(21-13-22-19)24-11-15(7-18(25)20-9-14-4-5-14)10-23-6-2-3-16(23)12-24/h2-3,6,8,13-15H,4-5,7,9-12H2,1H3,(H,20,25)/t15-/m0/s1. The number of hydrogen-bond donors (Lipinski definition) is 1. The third-order valence-electron chi connectivity index (χ3n) is 5.13. The van der Waals surface area contributed by atoms with E-state index in [0.717, 1.165) is 32.0 Å². The molecule has 26 heavy (non-hydrogen) atoms. The largest absolute Gasteiger partial charge is 0.481 e. The van der Waals surface area contributed by atoms with Gasteiger partial charge in [0.25, 0.3) is 0 Å². The Bertz CT molecular complexity index is 771. The predicted molar refractivity (Wildman–Crippen MR) is 97.9 cm³/mol. The van der Waals surface area contributed by atoms with Gasteiger partial charge in [-0.1, -0.05) is 0 Å². The van der Waals surface area contributed by atoms with Crippen LogP contribution in [0.3, 0.4) is 0 Å². The Labute approximate surface area is 153 Å². The number of carbonyl (C=O) groups is 1. The fourth-order valence-corrected chi connectivity index (χ4v) is 3.51. The highest BCUT2D eigenvalue weighted by Gasteiger charge is 2.26. The predicted octanol–water partition coefficient (Wildman–Crippen LogP) is 1.84. The molecule has 1 atom stereocenters. The van der Waals surface area contributed by atoms with Gasteiger partial charge in [0.2, 0.25) is 11.8 Å². The second-order valence-electron chi connectivity index (χ2n) is 7.27. The zero-order valence-electron chi connectivity index (χ0n) is 15.1. The molecule has 1 N–H and O–H groups in total. The zero-order valence-corrected chi connectivity index (χ0v) is 15.1. The molecule has 7 nitrogen and oxygen atoms in total. The lowest BCUT2D eigenvalue weighted by Gasteiger charge is -2.25. The van der Waals surface area contributed by atoms with Gasteiger partial charge in [0.05, 0.1) is 13.7 Å². The number of anilines is 1. The summed E-state index contributed by atoms with van der Waals surface area (Å²) in [6.07, 6.45) is 6.65. The first kappa shape index (κ1) is 16.9. The molecule has 1 amide bonds. The van der Waals surface area contributed by atoms with E-state index in [-0.39, 0.29) is 11.8 Å². The van der Waals surface area contributed by atoms with Gasteiger partial charge in [-0.15, -0.1) is 0 Å². The normalized spacial score (nSPS) is 19.6. The van der Waals surface area contributed by atoms with E-state index in [4.69, 9.17) is 4.74 Å². The molecular weight excluding hydrogens is 330 g/mol. The van der Waals surface area contributed by atoms with Gasteiger partial charge < -0.3 is 19.5 Å². The molecule has 0 aromatic carbocycles. The minimum Gasteiger partial charge on any atom is -0.481 e. The molecule has 2 aliphatic rings. The molecule has 1 aliphatic heterocycles. The highest BCUT2D eigenvalue weighted by molar-refractivity contribution is 5.76. The molecule has 0 saturated heterocycles. The van der Waals surface area contributed by atoms with E-state index in [1.54, 1.807) is 7.11 Å². The molecule has 1 fully saturated rings. The summed E-state index contributed by atoms with van der Waals surface area (Å²) in [6.45, 7) is 3.21. The molecule has 0 spiro atoms. The minimum atomic E-state index is 0.151. The number of nitrogens with one attached hydrogen (secondary N) is 1. The number of rotatable bonds is 6. The van der Waals surface area contributed by atoms with E-state index in [2.05, 4.69) is 43.1 Å². The van der Waals surface area contributed by atoms with Crippen molar-refractivity contribution in [1.29, 1.82) is 0 Å². The van der Waals surface area contributed by atoms with Crippen LogP contribution >= 0.6 is 0 Å². The van der Waals surface area contributed by atoms with E-state index in [9.17, 15) is 4.79 Å². The van der Waals surface area contributed by atoms with Crippen molar-refractivity contribution in [3.63, 3.8) is 0 Å². The minimum absolute atomic E-state index is 0.151. The Morgan fingerprint density at radius 3 is 3.00 bits per heavy atom. The molecule has 7 heteroatoms. The maximum Gasteiger partial charge on any atom is 0.220 e. The fraction of sp³-hybridized carbons (Fsp3) is 0.526. The second kappa shape index (κ2) is 7.35. The van der Waals surface area contributed by atoms with Crippen molar-refractivity contribution in [2.75, 3.05) is 25.1 Å². The summed E-state index contributed by atoms with van der Waals surface area (Å²) in [4.78, 5) is 23.1. The van der Waals surface area contributed by atoms with Crippen LogP contribution in [0.4, 0.5) is 5.82 Å². The number of amides is 1. The summed E-state index contributed by atoms with van der Waals surface area (Å²) in [5, 5.41) is 3.09. The first-order valence-corrected chi connectivity index (χ1v) is 9.23. The molecule has 0 unspecified atom stereocenters. The first-order valence-electron chi connectivity index (χ1n) is 9.23. The number of fused-ring (bicyclic) bond motifs is 1. The van der Waals surface area contributed by atoms with Crippen molar-refractivity contribution in [1.82, 2.24) is 19.9 Å². The monoisotopic (exact) mass is 355 g/mol. The summed E-state index contributed by atoms with van der Waals surface area (Å²) in [5.41, 5.74) is 1.23. The third-order valence-corrected chi connectivity index (χ3v) is 5.13. The van der Waals surface area contributed by atoms with Gasteiger partial charge in [-0.2, -0.15) is 0 Å². The molecular formula is C19H25N5O2. The summed E-state index contributed by atoms with van der Waals surface area (Å²) in [5.74, 6) is 2.46. The van der Waals surface area contributed by atoms with Gasteiger partial charge in [0.1, 0.15) is 12.1 Å². The summed E-state index contributed by atoms with van der Waals surface area (Å²) < 4.78 is 7.48. The van der Waals surface area contributed by atoms with Crippen LogP contribution in [0.25, 0.3) is 0 Å². The van der Waals surface area contributed by atoms with Crippen LogP contribution in [0.2, 0.25) is 0 Å². The first-order chi connectivity index (χ1) is 12.7. The molecule has 1 saturated carbocycles. The van der Waals surface area contributed by atoms with Gasteiger partial charge in [0.15, 0.2) is 0 Å². The van der Waals surface area contributed by atoms with Crippen molar-refractivity contribution < 1.29 is 9.53 Å². The number of aromatic nitrogens is 3. The van der Waals surface area contributed by atoms with Crippen LogP contribution in [0.1, 0.15) is 25.0 Å². The van der Waals surface area contributed by atoms with Crippen LogP contribution in [0.5, 0.6) is 5.88 Å². The Hall–Kier alpha value is -2.57. The Kier molecular flexibility index (Phi) is 4.77. The number of ether oxygens (including phenoxy) is 1. The lowest BCUT2D eigenvalue weighted by Crippen LogP contribution is -2.33. The molecule has 0 radical (unpaired) electrons. The smallest absolute Gasteiger partial charge is 0.220 e. The summed E-state index contributed by atoms with van der Waals surface area (Å²) in [6, 6.07) is 6.04. The lowest BCUT2D eigenvalue weighted by atomic mass is 10.0. The average Bonchev–Trinajstić information content (AvgIpc) is 3.42. The van der Waals surface area contributed by atoms with Crippen LogP contribution in [-0.4, -0.2) is 40.6 Å². The number of methoxy groups -OCH3 is 1. The van der Waals surface area contributed by atoms with Gasteiger partial charge >= 0.3 is 0 Å². The molecule has 138 valence electrons. The van der Waals surface area contributed by atoms with Crippen molar-refractivity contribution in [3.8, 4) is 5.88 Å². The van der Waals surface area contributed by atoms with Crippen LogP contribution in [0.15, 0.2) is 30.7 Å². The lowest BCUT2D eigenvalue weighted by molar-refractivity contribution is -0.122. The maximum atomic E-state index is 12.4. The Morgan fingerprint density at radius 2 is 2.19 bits per heavy atom. The summed E-state index contributed by atoms with van der Waals surface area (Å²) in [7, 11) is 1.60. The Balaban J connectivity index is 1.50. The van der Waals surface area contributed by atoms with Crippen molar-refractivity contribution in [2.24, 2.45) is 11.8 Å². The van der Waals surface area contributed by atoms with Gasteiger partial charge in [-0.05, 0) is 30.9 Å². The quantitative estimate of drug-likeness (QED) is 0.856. The van der Waals surface area contributed by atoms with Gasteiger partial charge in [-0.3, -0.25) is 4.79 Å². The van der Waals surface area contributed by atoms with E-state index in [1.807, 2.05) is 6.07 Å². The second-order valence-corrected chi connectivity index (χ2v) is 7.27. The highest BCUT2D eigenvalue weighted by atomic mass is 16.5. The molecule has 2 aromatic rings. The van der Waals surface area contributed by atoms with E-state index in [0.29, 0.717) is 18.2 Å². The number of nitrogens with zero attached hydrogens (tertiary/aromatic N) is 4. The van der Waals surface area contributed by atoms with Gasteiger partial charge in [0, 0.05) is 49.9 Å². The Morgan fingerprint density at radius 1 is 1.31 bits per heavy atom. The maximum absolute atomic E-state index is 12.4. The molecule has 0 bridgehead atoms. The van der Waals surface area contributed by atoms with Gasteiger partial charge in [-0.25, -0.2) is 9.97 Å². The third kappa shape index (κ3) is 3.98. The van der Waals surface area contributed by atoms with E-state index in [1.165, 1.54) is 24.9 Å². The van der Waals surface area contributed by atoms with Crippen molar-refractivity contribution >= 4 is 11.7 Å². The van der Waals surface area contributed by atoms with Crippen LogP contribution in [-0.2, 0) is 17.9 Å². The van der Waals surface area contributed by atoms with Crippen molar-refractivity contribution in [3.05, 3.63) is 36.4 Å². The highest BCUT2D eigenvalue weighted by Crippen LogP contribution is 2.28. The average molecular weight is 355 g/mol. The van der Waals surface area contributed by atoms with E-state index < -0.39 is 0 Å². The summed E-state index contributed by atoms with van der Waals surface area (Å²) >= 11 is 0. The molecule has 4 rings (SSSR count). The van der Waals surface area contributed by atoms with Crippen LogP contribution < -0.4 is 15.0 Å². The fourth-order valence-electron chi connectivity index (χ4n) is 3.51. The van der Waals surface area contributed by atoms with Crippen molar-refractivity contribution in [2.45, 2.75) is 32.4 Å². The van der Waals surface area contributed by atoms with E-state index >= 15 is 0 Å². The zero-order chi connectivity index (χ0) is 17.9. The van der Waals surface area contributed by atoms with Crippen LogP contribution in [0, 0.1) is 11.8 Å². The SMILES string of the molecule is COc1cc(N2Cc3cccn3C[C@H](CC(=O)NCC3CC3)C2)ncn1. The molecule has 3 heterocycles. The number of carbonyl (C=O) groups excluding carboxylic acids is 1.